The van der Waals surface area contributed by atoms with Gasteiger partial charge < -0.3 is 10.2 Å². The Labute approximate surface area is 191 Å². The molecule has 0 radical (unpaired) electrons. The third kappa shape index (κ3) is 5.39. The van der Waals surface area contributed by atoms with Crippen molar-refractivity contribution in [2.75, 3.05) is 31.5 Å². The van der Waals surface area contributed by atoms with Crippen molar-refractivity contribution in [2.45, 2.75) is 51.5 Å². The van der Waals surface area contributed by atoms with E-state index >= 15 is 0 Å². The lowest BCUT2D eigenvalue weighted by molar-refractivity contribution is -0.137. The normalized spacial score (nSPS) is 19.2. The topological polar surface area (TPSA) is 52.7 Å². The molecule has 2 aliphatic heterocycles. The van der Waals surface area contributed by atoms with Gasteiger partial charge in [-0.05, 0) is 57.3 Å². The highest BCUT2D eigenvalue weighted by Crippen LogP contribution is 2.28. The number of hydrogen-bond acceptors (Lipinski definition) is 3. The van der Waals surface area contributed by atoms with E-state index in [0.717, 1.165) is 68.7 Å². The molecular weight excluding hydrogens is 398 g/mol. The molecule has 5 nitrogen and oxygen atoms in total. The number of carbonyl (C=O) groups is 2. The monoisotopic (exact) mass is 433 g/mol. The van der Waals surface area contributed by atoms with Crippen LogP contribution in [0.5, 0.6) is 0 Å². The molecular formula is C27H35N3O2. The number of benzene rings is 2. The lowest BCUT2D eigenvalue weighted by Crippen LogP contribution is -2.48. The van der Waals surface area contributed by atoms with E-state index in [4.69, 9.17) is 0 Å². The van der Waals surface area contributed by atoms with Crippen LogP contribution in [0.3, 0.4) is 0 Å². The molecule has 5 heteroatoms. The smallest absolute Gasteiger partial charge is 0.241 e. The van der Waals surface area contributed by atoms with E-state index in [2.05, 4.69) is 27.2 Å². The fraction of sp³-hybridized carbons (Fsp3) is 0.481. The summed E-state index contributed by atoms with van der Waals surface area (Å²) in [5.74, 6) is 0.449. The maximum absolute atomic E-state index is 13.1. The van der Waals surface area contributed by atoms with E-state index in [1.54, 1.807) is 0 Å². The number of nitrogens with zero attached hydrogens (tertiary/aromatic N) is 2. The zero-order valence-electron chi connectivity index (χ0n) is 19.1. The van der Waals surface area contributed by atoms with Gasteiger partial charge in [-0.1, -0.05) is 61.4 Å². The average molecular weight is 434 g/mol. The summed E-state index contributed by atoms with van der Waals surface area (Å²) in [6, 6.07) is 17.8. The Morgan fingerprint density at radius 2 is 1.47 bits per heavy atom. The molecule has 1 atom stereocenters. The van der Waals surface area contributed by atoms with Gasteiger partial charge in [-0.3, -0.25) is 14.5 Å². The van der Waals surface area contributed by atoms with Gasteiger partial charge in [0.05, 0.1) is 6.04 Å². The molecule has 2 saturated heterocycles. The van der Waals surface area contributed by atoms with Gasteiger partial charge in [-0.15, -0.1) is 0 Å². The Bertz CT molecular complexity index is 898. The quantitative estimate of drug-likeness (QED) is 0.737. The molecule has 2 fully saturated rings. The van der Waals surface area contributed by atoms with Gasteiger partial charge in [-0.2, -0.15) is 0 Å². The number of para-hydroxylation sites is 1. The van der Waals surface area contributed by atoms with Crippen molar-refractivity contribution in [3.63, 3.8) is 0 Å². The highest BCUT2D eigenvalue weighted by molar-refractivity contribution is 5.98. The molecule has 2 heterocycles. The fourth-order valence-electron chi connectivity index (χ4n) is 4.95. The molecule has 2 aromatic carbocycles. The van der Waals surface area contributed by atoms with Crippen LogP contribution in [-0.4, -0.2) is 53.8 Å². The molecule has 4 rings (SSSR count). The summed E-state index contributed by atoms with van der Waals surface area (Å²) in [5, 5.41) is 3.14. The van der Waals surface area contributed by atoms with Gasteiger partial charge in [0.15, 0.2) is 0 Å². The molecule has 0 unspecified atom stereocenters. The molecule has 0 bridgehead atoms. The van der Waals surface area contributed by atoms with Crippen molar-refractivity contribution >= 4 is 17.5 Å². The summed E-state index contributed by atoms with van der Waals surface area (Å²) in [5.41, 5.74) is 2.95. The minimum atomic E-state index is -0.229. The highest BCUT2D eigenvalue weighted by Gasteiger charge is 2.32. The summed E-state index contributed by atoms with van der Waals surface area (Å²) in [6.07, 6.45) is 6.42. The number of nitrogens with one attached hydrogen (secondary N) is 1. The van der Waals surface area contributed by atoms with Crippen molar-refractivity contribution in [3.05, 3.63) is 54.6 Å². The van der Waals surface area contributed by atoms with Gasteiger partial charge in [0.25, 0.3) is 0 Å². The summed E-state index contributed by atoms with van der Waals surface area (Å²) < 4.78 is 0. The zero-order chi connectivity index (χ0) is 22.3. The first-order valence-corrected chi connectivity index (χ1v) is 12.1. The summed E-state index contributed by atoms with van der Waals surface area (Å²) in [7, 11) is 0. The van der Waals surface area contributed by atoms with Gasteiger partial charge in [0, 0.05) is 30.3 Å². The standard InChI is InChI=1S/C27H35N3O2/c1-21(26(31)28-25-14-8-7-13-24(25)22-11-5-4-6-12-22)29-19-15-23(16-20-29)27(32)30-17-9-2-3-10-18-30/h4-8,11-14,21,23H,2-3,9-10,15-20H2,1H3,(H,28,31)/t21-/m1/s1. The summed E-state index contributed by atoms with van der Waals surface area (Å²) in [4.78, 5) is 30.3. The van der Waals surface area contributed by atoms with E-state index in [1.165, 1.54) is 12.8 Å². The van der Waals surface area contributed by atoms with Crippen LogP contribution in [0.1, 0.15) is 45.4 Å². The SMILES string of the molecule is C[C@H](C(=O)Nc1ccccc1-c1ccccc1)N1CCC(C(=O)N2CCCCCC2)CC1. The molecule has 2 aliphatic rings. The lowest BCUT2D eigenvalue weighted by atomic mass is 9.94. The second-order valence-corrected chi connectivity index (χ2v) is 9.13. The third-order valence-electron chi connectivity index (χ3n) is 6.99. The Balaban J connectivity index is 1.33. The number of piperidine rings is 1. The summed E-state index contributed by atoms with van der Waals surface area (Å²) >= 11 is 0. The van der Waals surface area contributed by atoms with E-state index in [0.29, 0.717) is 5.91 Å². The maximum atomic E-state index is 13.1. The molecule has 0 spiro atoms. The number of amides is 2. The second kappa shape index (κ2) is 10.8. The van der Waals surface area contributed by atoms with Crippen molar-refractivity contribution in [2.24, 2.45) is 5.92 Å². The third-order valence-corrected chi connectivity index (χ3v) is 6.99. The average Bonchev–Trinajstić information content (AvgIpc) is 3.14. The molecule has 170 valence electrons. The molecule has 0 aliphatic carbocycles. The first kappa shape index (κ1) is 22.5. The minimum absolute atomic E-state index is 0.00526. The van der Waals surface area contributed by atoms with Crippen molar-refractivity contribution in [3.8, 4) is 11.1 Å². The van der Waals surface area contributed by atoms with E-state index < -0.39 is 0 Å². The van der Waals surface area contributed by atoms with Crippen LogP contribution in [-0.2, 0) is 9.59 Å². The molecule has 0 saturated carbocycles. The van der Waals surface area contributed by atoms with Gasteiger partial charge in [0.1, 0.15) is 0 Å². The predicted octanol–water partition coefficient (Wildman–Crippen LogP) is 4.80. The number of likely N-dealkylation sites (tertiary alicyclic amines) is 2. The van der Waals surface area contributed by atoms with Crippen LogP contribution < -0.4 is 5.32 Å². The Hall–Kier alpha value is -2.66. The molecule has 2 aromatic rings. The zero-order valence-corrected chi connectivity index (χ0v) is 19.1. The lowest BCUT2D eigenvalue weighted by Gasteiger charge is -2.36. The van der Waals surface area contributed by atoms with Crippen molar-refractivity contribution < 1.29 is 9.59 Å². The van der Waals surface area contributed by atoms with Crippen LogP contribution in [0.15, 0.2) is 54.6 Å². The Morgan fingerprint density at radius 1 is 0.844 bits per heavy atom. The molecule has 1 N–H and O–H groups in total. The predicted molar refractivity (Wildman–Crippen MR) is 129 cm³/mol. The van der Waals surface area contributed by atoms with Crippen LogP contribution in [0.4, 0.5) is 5.69 Å². The maximum Gasteiger partial charge on any atom is 0.241 e. The second-order valence-electron chi connectivity index (χ2n) is 9.13. The molecule has 32 heavy (non-hydrogen) atoms. The minimum Gasteiger partial charge on any atom is -0.342 e. The summed E-state index contributed by atoms with van der Waals surface area (Å²) in [6.45, 7) is 5.38. The van der Waals surface area contributed by atoms with E-state index in [9.17, 15) is 9.59 Å². The largest absolute Gasteiger partial charge is 0.342 e. The molecule has 0 aromatic heterocycles. The van der Waals surface area contributed by atoms with Gasteiger partial charge in [-0.25, -0.2) is 0 Å². The van der Waals surface area contributed by atoms with Crippen LogP contribution in [0, 0.1) is 5.92 Å². The van der Waals surface area contributed by atoms with E-state index in [1.807, 2.05) is 49.4 Å². The molecule has 2 amide bonds. The Morgan fingerprint density at radius 3 is 2.16 bits per heavy atom. The van der Waals surface area contributed by atoms with Crippen LogP contribution in [0.25, 0.3) is 11.1 Å². The van der Waals surface area contributed by atoms with Crippen molar-refractivity contribution in [1.82, 2.24) is 9.80 Å². The first-order chi connectivity index (χ1) is 15.6. The van der Waals surface area contributed by atoms with Crippen molar-refractivity contribution in [1.29, 1.82) is 0 Å². The fourth-order valence-corrected chi connectivity index (χ4v) is 4.95. The van der Waals surface area contributed by atoms with Gasteiger partial charge >= 0.3 is 0 Å². The number of rotatable bonds is 5. The van der Waals surface area contributed by atoms with Crippen LogP contribution in [0.2, 0.25) is 0 Å². The van der Waals surface area contributed by atoms with Crippen LogP contribution >= 0.6 is 0 Å². The highest BCUT2D eigenvalue weighted by atomic mass is 16.2. The number of hydrogen-bond donors (Lipinski definition) is 1. The number of carbonyl (C=O) groups excluding carboxylic acids is 2. The van der Waals surface area contributed by atoms with Gasteiger partial charge in [0.2, 0.25) is 11.8 Å². The number of anilines is 1. The first-order valence-electron chi connectivity index (χ1n) is 12.1. The van der Waals surface area contributed by atoms with E-state index in [-0.39, 0.29) is 17.9 Å². The Kier molecular flexibility index (Phi) is 7.59.